The summed E-state index contributed by atoms with van der Waals surface area (Å²) in [4.78, 5) is 24.5. The first-order valence-corrected chi connectivity index (χ1v) is 8.65. The lowest BCUT2D eigenvalue weighted by atomic mass is 9.78. The molecule has 1 aliphatic rings. The molecule has 138 valence electrons. The van der Waals surface area contributed by atoms with E-state index in [1.54, 1.807) is 18.2 Å². The van der Waals surface area contributed by atoms with Gasteiger partial charge in [-0.1, -0.05) is 32.8 Å². The van der Waals surface area contributed by atoms with Crippen molar-refractivity contribution in [3.05, 3.63) is 23.8 Å². The fraction of sp³-hybridized carbons (Fsp3) is 0.579. The van der Waals surface area contributed by atoms with Crippen LogP contribution in [0.2, 0.25) is 0 Å². The molecule has 1 saturated carbocycles. The van der Waals surface area contributed by atoms with Crippen LogP contribution in [0.25, 0.3) is 0 Å². The molecule has 0 bridgehead atoms. The molecule has 1 aliphatic carbocycles. The van der Waals surface area contributed by atoms with Crippen molar-refractivity contribution in [2.75, 3.05) is 20.8 Å². The molecule has 1 fully saturated rings. The van der Waals surface area contributed by atoms with Crippen LogP contribution in [-0.2, 0) is 9.53 Å². The molecule has 1 amide bonds. The average Bonchev–Trinajstić information content (AvgIpc) is 2.62. The first-order valence-electron chi connectivity index (χ1n) is 8.65. The summed E-state index contributed by atoms with van der Waals surface area (Å²) < 4.78 is 15.5. The van der Waals surface area contributed by atoms with Gasteiger partial charge in [-0.05, 0) is 30.4 Å². The molecule has 0 saturated heterocycles. The third-order valence-corrected chi connectivity index (χ3v) is 5.02. The van der Waals surface area contributed by atoms with Gasteiger partial charge in [0.05, 0.1) is 14.2 Å². The second-order valence-electron chi connectivity index (χ2n) is 6.55. The van der Waals surface area contributed by atoms with Crippen molar-refractivity contribution < 1.29 is 23.8 Å². The van der Waals surface area contributed by atoms with Crippen LogP contribution in [0.15, 0.2) is 18.2 Å². The molecule has 0 aliphatic heterocycles. The molecule has 0 radical (unpaired) electrons. The topological polar surface area (TPSA) is 73.9 Å². The normalized spacial score (nSPS) is 22.8. The number of ether oxygens (including phenoxy) is 3. The van der Waals surface area contributed by atoms with Crippen molar-refractivity contribution in [1.29, 1.82) is 0 Å². The molecule has 0 heterocycles. The quantitative estimate of drug-likeness (QED) is 0.800. The van der Waals surface area contributed by atoms with Crippen molar-refractivity contribution in [3.63, 3.8) is 0 Å². The highest BCUT2D eigenvalue weighted by Gasteiger charge is 2.28. The van der Waals surface area contributed by atoms with Gasteiger partial charge in [0.2, 0.25) is 0 Å². The first-order chi connectivity index (χ1) is 12.0. The van der Waals surface area contributed by atoms with Crippen molar-refractivity contribution in [3.8, 4) is 11.5 Å². The molecule has 6 heteroatoms. The summed E-state index contributed by atoms with van der Waals surface area (Å²) >= 11 is 0. The summed E-state index contributed by atoms with van der Waals surface area (Å²) in [5.41, 5.74) is 0.181. The predicted molar refractivity (Wildman–Crippen MR) is 93.9 cm³/mol. The van der Waals surface area contributed by atoms with Crippen molar-refractivity contribution >= 4 is 11.9 Å². The Morgan fingerprint density at radius 2 is 1.76 bits per heavy atom. The van der Waals surface area contributed by atoms with Gasteiger partial charge in [0.15, 0.2) is 6.61 Å². The summed E-state index contributed by atoms with van der Waals surface area (Å²) in [5.74, 6) is 0.767. The Kier molecular flexibility index (Phi) is 6.67. The number of hydrogen-bond acceptors (Lipinski definition) is 5. The van der Waals surface area contributed by atoms with Gasteiger partial charge in [-0.15, -0.1) is 0 Å². The van der Waals surface area contributed by atoms with Crippen LogP contribution in [-0.4, -0.2) is 38.7 Å². The fourth-order valence-corrected chi connectivity index (χ4v) is 3.29. The maximum Gasteiger partial charge on any atom is 0.346 e. The smallest absolute Gasteiger partial charge is 0.346 e. The second kappa shape index (κ2) is 8.74. The highest BCUT2D eigenvalue weighted by atomic mass is 16.5. The number of carbonyl (C=O) groups excluding carboxylic acids is 2. The number of methoxy groups -OCH3 is 2. The largest absolute Gasteiger partial charge is 0.496 e. The lowest BCUT2D eigenvalue weighted by Gasteiger charge is -2.34. The number of esters is 1. The van der Waals surface area contributed by atoms with Gasteiger partial charge < -0.3 is 19.5 Å². The Hall–Kier alpha value is -2.24. The number of hydrogen-bond donors (Lipinski definition) is 1. The van der Waals surface area contributed by atoms with E-state index in [0.29, 0.717) is 23.3 Å². The van der Waals surface area contributed by atoms with E-state index in [4.69, 9.17) is 14.2 Å². The minimum atomic E-state index is -0.644. The van der Waals surface area contributed by atoms with E-state index in [1.165, 1.54) is 20.6 Å². The van der Waals surface area contributed by atoms with Crippen LogP contribution < -0.4 is 14.8 Å². The van der Waals surface area contributed by atoms with Crippen molar-refractivity contribution in [2.24, 2.45) is 11.8 Å². The van der Waals surface area contributed by atoms with Gasteiger partial charge in [0.1, 0.15) is 17.1 Å². The van der Waals surface area contributed by atoms with Crippen LogP contribution in [0.5, 0.6) is 11.5 Å². The SMILES string of the molecule is COc1cccc(OC)c1C(=O)OCC(=O)N[C@@H]1CCC[C@@H](C)[C@@H]1C. The molecule has 25 heavy (non-hydrogen) atoms. The van der Waals surface area contributed by atoms with Gasteiger partial charge >= 0.3 is 5.97 Å². The van der Waals surface area contributed by atoms with Gasteiger partial charge in [0, 0.05) is 6.04 Å². The summed E-state index contributed by atoms with van der Waals surface area (Å²) in [6, 6.07) is 5.14. The Balaban J connectivity index is 1.95. The minimum absolute atomic E-state index is 0.135. The highest BCUT2D eigenvalue weighted by molar-refractivity contribution is 5.96. The minimum Gasteiger partial charge on any atom is -0.496 e. The number of benzene rings is 1. The van der Waals surface area contributed by atoms with Crippen LogP contribution >= 0.6 is 0 Å². The number of carbonyl (C=O) groups is 2. The zero-order chi connectivity index (χ0) is 18.4. The molecule has 0 unspecified atom stereocenters. The zero-order valence-electron chi connectivity index (χ0n) is 15.3. The number of rotatable bonds is 6. The Morgan fingerprint density at radius 1 is 1.12 bits per heavy atom. The molecule has 1 aromatic carbocycles. The van der Waals surface area contributed by atoms with Gasteiger partial charge in [0.25, 0.3) is 5.91 Å². The van der Waals surface area contributed by atoms with Crippen molar-refractivity contribution in [2.45, 2.75) is 39.2 Å². The predicted octanol–water partition coefficient (Wildman–Crippen LogP) is 2.80. The third-order valence-electron chi connectivity index (χ3n) is 5.02. The van der Waals surface area contributed by atoms with E-state index in [9.17, 15) is 9.59 Å². The standard InChI is InChI=1S/C19H27NO5/c1-12-7-5-8-14(13(12)2)20-17(21)11-25-19(22)18-15(23-3)9-6-10-16(18)24-4/h6,9-10,12-14H,5,7-8,11H2,1-4H3,(H,20,21)/t12-,13+,14-/m1/s1. The van der Waals surface area contributed by atoms with E-state index in [0.717, 1.165) is 12.8 Å². The van der Waals surface area contributed by atoms with E-state index in [-0.39, 0.29) is 24.1 Å². The van der Waals surface area contributed by atoms with E-state index >= 15 is 0 Å². The summed E-state index contributed by atoms with van der Waals surface area (Å²) in [5, 5.41) is 2.98. The Labute approximate surface area is 148 Å². The maximum absolute atomic E-state index is 12.4. The fourth-order valence-electron chi connectivity index (χ4n) is 3.29. The summed E-state index contributed by atoms with van der Waals surface area (Å²) in [6.07, 6.45) is 3.26. The number of amides is 1. The molecule has 6 nitrogen and oxygen atoms in total. The first kappa shape index (κ1) is 19.1. The second-order valence-corrected chi connectivity index (χ2v) is 6.55. The average molecular weight is 349 g/mol. The van der Waals surface area contributed by atoms with Gasteiger partial charge in [-0.3, -0.25) is 4.79 Å². The van der Waals surface area contributed by atoms with E-state index < -0.39 is 5.97 Å². The van der Waals surface area contributed by atoms with Crippen molar-refractivity contribution in [1.82, 2.24) is 5.32 Å². The van der Waals surface area contributed by atoms with Gasteiger partial charge in [-0.25, -0.2) is 4.79 Å². The van der Waals surface area contributed by atoms with Crippen LogP contribution in [0, 0.1) is 11.8 Å². The molecule has 0 aromatic heterocycles. The Morgan fingerprint density at radius 3 is 2.36 bits per heavy atom. The lowest BCUT2D eigenvalue weighted by Crippen LogP contribution is -2.45. The zero-order valence-corrected chi connectivity index (χ0v) is 15.3. The molecule has 1 N–H and O–H groups in total. The molecule has 1 aromatic rings. The third kappa shape index (κ3) is 4.65. The molecule has 0 spiro atoms. The maximum atomic E-state index is 12.4. The summed E-state index contributed by atoms with van der Waals surface area (Å²) in [6.45, 7) is 4.04. The van der Waals surface area contributed by atoms with Crippen LogP contribution in [0.3, 0.4) is 0 Å². The van der Waals surface area contributed by atoms with Crippen LogP contribution in [0.4, 0.5) is 0 Å². The summed E-state index contributed by atoms with van der Waals surface area (Å²) in [7, 11) is 2.92. The highest BCUT2D eigenvalue weighted by Crippen LogP contribution is 2.30. The van der Waals surface area contributed by atoms with E-state index in [1.807, 2.05) is 0 Å². The number of nitrogens with one attached hydrogen (secondary N) is 1. The van der Waals surface area contributed by atoms with Gasteiger partial charge in [-0.2, -0.15) is 0 Å². The van der Waals surface area contributed by atoms with Crippen LogP contribution in [0.1, 0.15) is 43.5 Å². The monoisotopic (exact) mass is 349 g/mol. The molecular weight excluding hydrogens is 322 g/mol. The molecule has 3 atom stereocenters. The van der Waals surface area contributed by atoms with E-state index in [2.05, 4.69) is 19.2 Å². The molecule has 2 rings (SSSR count). The molecular formula is C19H27NO5. The Bertz CT molecular complexity index is 594. The lowest BCUT2D eigenvalue weighted by molar-refractivity contribution is -0.125.